The number of carbonyl (C=O) groups excluding carboxylic acids is 1. The van der Waals surface area contributed by atoms with Gasteiger partial charge in [-0.1, -0.05) is 30.3 Å². The molecule has 32 heavy (non-hydrogen) atoms. The van der Waals surface area contributed by atoms with Crippen LogP contribution in [0.1, 0.15) is 41.3 Å². The molecule has 0 saturated carbocycles. The van der Waals surface area contributed by atoms with Crippen molar-refractivity contribution < 1.29 is 4.79 Å². The minimum atomic E-state index is -0.0875. The van der Waals surface area contributed by atoms with Crippen molar-refractivity contribution >= 4 is 12.0 Å². The summed E-state index contributed by atoms with van der Waals surface area (Å²) in [4.78, 5) is 19.5. The number of hydrogen-bond donors (Lipinski definition) is 1. The molecule has 0 spiro atoms. The zero-order valence-electron chi connectivity index (χ0n) is 18.9. The van der Waals surface area contributed by atoms with Crippen LogP contribution in [0.2, 0.25) is 0 Å². The molecule has 0 radical (unpaired) electrons. The van der Waals surface area contributed by atoms with Crippen LogP contribution in [0.25, 0.3) is 6.08 Å². The molecule has 166 valence electrons. The molecule has 1 unspecified atom stereocenters. The average molecular weight is 430 g/mol. The number of carbonyl (C=O) groups is 1. The molecule has 0 bridgehead atoms. The summed E-state index contributed by atoms with van der Waals surface area (Å²) in [7, 11) is 0. The minimum absolute atomic E-state index is 0.0875. The molecule has 1 amide bonds. The molecule has 1 aliphatic heterocycles. The number of aryl methyl sites for hydroxylation is 2. The van der Waals surface area contributed by atoms with Gasteiger partial charge in [0, 0.05) is 62.6 Å². The highest BCUT2D eigenvalue weighted by Crippen LogP contribution is 2.25. The zero-order valence-corrected chi connectivity index (χ0v) is 18.9. The lowest BCUT2D eigenvalue weighted by atomic mass is 9.94. The van der Waals surface area contributed by atoms with E-state index in [0.717, 1.165) is 49.3 Å². The second-order valence-corrected chi connectivity index (χ2v) is 8.42. The number of rotatable bonds is 8. The van der Waals surface area contributed by atoms with Crippen LogP contribution in [0, 0.1) is 6.92 Å². The van der Waals surface area contributed by atoms with Crippen molar-refractivity contribution in [2.45, 2.75) is 52.4 Å². The molecular formula is C26H31N5O. The van der Waals surface area contributed by atoms with Gasteiger partial charge in [0.05, 0.1) is 0 Å². The van der Waals surface area contributed by atoms with Crippen molar-refractivity contribution in [3.8, 4) is 0 Å². The highest BCUT2D eigenvalue weighted by Gasteiger charge is 2.23. The number of pyridine rings is 1. The Kier molecular flexibility index (Phi) is 7.12. The number of nitrogens with one attached hydrogen (secondary N) is 1. The second-order valence-electron chi connectivity index (χ2n) is 8.42. The maximum Gasteiger partial charge on any atom is 0.244 e. The first-order valence-electron chi connectivity index (χ1n) is 11.3. The number of nitrogens with zero attached hydrogens (tertiary/aromatic N) is 4. The van der Waals surface area contributed by atoms with E-state index >= 15 is 0 Å². The van der Waals surface area contributed by atoms with Gasteiger partial charge < -0.3 is 5.32 Å². The van der Waals surface area contributed by atoms with E-state index in [2.05, 4.69) is 27.2 Å². The van der Waals surface area contributed by atoms with Gasteiger partial charge in [0.1, 0.15) is 0 Å². The van der Waals surface area contributed by atoms with Crippen molar-refractivity contribution in [1.29, 1.82) is 0 Å². The van der Waals surface area contributed by atoms with Crippen LogP contribution in [0.4, 0.5) is 0 Å². The van der Waals surface area contributed by atoms with Crippen LogP contribution in [-0.4, -0.2) is 38.2 Å². The molecule has 0 fully saturated rings. The maximum atomic E-state index is 12.3. The zero-order chi connectivity index (χ0) is 22.3. The molecule has 1 N–H and O–H groups in total. The number of amides is 1. The first-order chi connectivity index (χ1) is 15.6. The molecule has 0 saturated heterocycles. The van der Waals surface area contributed by atoms with Gasteiger partial charge in [-0.25, -0.2) is 0 Å². The predicted molar refractivity (Wildman–Crippen MR) is 127 cm³/mol. The SMILES string of the molecule is Cc1ncc2c(c1CNC(=O)C=Cc1ccccc1)CCN(C(C)CCn1cccn1)C2. The summed E-state index contributed by atoms with van der Waals surface area (Å²) >= 11 is 0. The van der Waals surface area contributed by atoms with Gasteiger partial charge in [0.15, 0.2) is 0 Å². The third-order valence-electron chi connectivity index (χ3n) is 6.25. The second kappa shape index (κ2) is 10.4. The standard InChI is InChI=1S/C26H31N5O/c1-20(11-16-31-14-6-13-29-31)30-15-12-24-23(19-30)17-27-21(2)25(24)18-28-26(32)10-9-22-7-4-3-5-8-22/h3-10,13-14,17,20H,11-12,15-16,18-19H2,1-2H3,(H,28,32). The Morgan fingerprint density at radius 2 is 2.09 bits per heavy atom. The highest BCUT2D eigenvalue weighted by molar-refractivity contribution is 5.91. The summed E-state index contributed by atoms with van der Waals surface area (Å²) in [6, 6.07) is 12.3. The van der Waals surface area contributed by atoms with Gasteiger partial charge >= 0.3 is 0 Å². The number of hydrogen-bond acceptors (Lipinski definition) is 4. The number of fused-ring (bicyclic) bond motifs is 1. The first-order valence-corrected chi connectivity index (χ1v) is 11.3. The summed E-state index contributed by atoms with van der Waals surface area (Å²) in [6.07, 6.45) is 11.3. The van der Waals surface area contributed by atoms with E-state index in [1.807, 2.05) is 72.7 Å². The molecule has 6 heteroatoms. The van der Waals surface area contributed by atoms with Gasteiger partial charge in [-0.2, -0.15) is 5.10 Å². The average Bonchev–Trinajstić information content (AvgIpc) is 3.34. The van der Waals surface area contributed by atoms with Crippen LogP contribution in [0.15, 0.2) is 61.1 Å². The molecule has 1 aliphatic rings. The van der Waals surface area contributed by atoms with Gasteiger partial charge in [-0.15, -0.1) is 0 Å². The van der Waals surface area contributed by atoms with Crippen LogP contribution in [-0.2, 0) is 30.8 Å². The fraction of sp³-hybridized carbons (Fsp3) is 0.346. The smallest absolute Gasteiger partial charge is 0.244 e. The van der Waals surface area contributed by atoms with E-state index in [0.29, 0.717) is 12.6 Å². The molecule has 2 aromatic heterocycles. The lowest BCUT2D eigenvalue weighted by Crippen LogP contribution is -2.39. The molecule has 3 heterocycles. The lowest BCUT2D eigenvalue weighted by Gasteiger charge is -2.34. The van der Waals surface area contributed by atoms with Gasteiger partial charge in [0.25, 0.3) is 0 Å². The van der Waals surface area contributed by atoms with Crippen LogP contribution in [0.5, 0.6) is 0 Å². The van der Waals surface area contributed by atoms with Gasteiger partial charge in [-0.3, -0.25) is 19.4 Å². The fourth-order valence-corrected chi connectivity index (χ4v) is 4.26. The summed E-state index contributed by atoms with van der Waals surface area (Å²) in [5.41, 5.74) is 5.79. The van der Waals surface area contributed by atoms with Crippen molar-refractivity contribution in [1.82, 2.24) is 25.0 Å². The minimum Gasteiger partial charge on any atom is -0.348 e. The van der Waals surface area contributed by atoms with E-state index in [4.69, 9.17) is 0 Å². The van der Waals surface area contributed by atoms with E-state index in [1.165, 1.54) is 11.1 Å². The molecule has 4 rings (SSSR count). The summed E-state index contributed by atoms with van der Waals surface area (Å²) in [6.45, 7) is 7.67. The topological polar surface area (TPSA) is 63.1 Å². The molecule has 0 aliphatic carbocycles. The van der Waals surface area contributed by atoms with E-state index in [1.54, 1.807) is 6.08 Å². The Balaban J connectivity index is 1.36. The Labute approximate surface area is 190 Å². The Morgan fingerprint density at radius 3 is 2.88 bits per heavy atom. The van der Waals surface area contributed by atoms with Crippen LogP contribution < -0.4 is 5.32 Å². The quantitative estimate of drug-likeness (QED) is 0.554. The lowest BCUT2D eigenvalue weighted by molar-refractivity contribution is -0.116. The summed E-state index contributed by atoms with van der Waals surface area (Å²) in [5.74, 6) is -0.0875. The Morgan fingerprint density at radius 1 is 1.25 bits per heavy atom. The van der Waals surface area contributed by atoms with E-state index in [-0.39, 0.29) is 5.91 Å². The first kappa shape index (κ1) is 22.0. The molecule has 6 nitrogen and oxygen atoms in total. The van der Waals surface area contributed by atoms with Crippen LogP contribution in [0.3, 0.4) is 0 Å². The third-order valence-corrected chi connectivity index (χ3v) is 6.25. The molecule has 3 aromatic rings. The van der Waals surface area contributed by atoms with Crippen molar-refractivity contribution in [3.63, 3.8) is 0 Å². The Bertz CT molecular complexity index is 1060. The predicted octanol–water partition coefficient (Wildman–Crippen LogP) is 3.75. The Hall–Kier alpha value is -3.25. The summed E-state index contributed by atoms with van der Waals surface area (Å²) in [5, 5.41) is 7.35. The molecular weight excluding hydrogens is 398 g/mol. The molecule has 1 atom stereocenters. The fourth-order valence-electron chi connectivity index (χ4n) is 4.26. The highest BCUT2D eigenvalue weighted by atomic mass is 16.1. The normalized spacial score (nSPS) is 14.9. The number of benzene rings is 1. The molecule has 1 aromatic carbocycles. The van der Waals surface area contributed by atoms with Gasteiger partial charge in [-0.05, 0) is 61.1 Å². The maximum absolute atomic E-state index is 12.3. The van der Waals surface area contributed by atoms with Crippen molar-refractivity contribution in [2.24, 2.45) is 0 Å². The number of aromatic nitrogens is 3. The van der Waals surface area contributed by atoms with Gasteiger partial charge in [0.2, 0.25) is 5.91 Å². The largest absolute Gasteiger partial charge is 0.348 e. The van der Waals surface area contributed by atoms with E-state index in [9.17, 15) is 4.79 Å². The third kappa shape index (κ3) is 5.51. The monoisotopic (exact) mass is 429 g/mol. The van der Waals surface area contributed by atoms with Crippen LogP contribution >= 0.6 is 0 Å². The summed E-state index contributed by atoms with van der Waals surface area (Å²) < 4.78 is 1.99. The van der Waals surface area contributed by atoms with E-state index < -0.39 is 0 Å². The van der Waals surface area contributed by atoms with Crippen molar-refractivity contribution in [2.75, 3.05) is 6.54 Å². The van der Waals surface area contributed by atoms with Crippen molar-refractivity contribution in [3.05, 3.63) is 89.0 Å².